The molecule has 1 rings (SSSR count). The van der Waals surface area contributed by atoms with Crippen molar-refractivity contribution in [3.05, 3.63) is 11.8 Å². The molecule has 1 N–H and O–H groups in total. The lowest BCUT2D eigenvalue weighted by Gasteiger charge is -2.34. The Hall–Kier alpha value is -1.58. The number of nitriles is 1. The van der Waals surface area contributed by atoms with Crippen molar-refractivity contribution in [2.75, 3.05) is 47.4 Å². The predicted octanol–water partition coefficient (Wildman–Crippen LogP) is 0.182. The topological polar surface area (TPSA) is 68.6 Å². The lowest BCUT2D eigenvalue weighted by Crippen LogP contribution is -2.40. The number of ether oxygens (including phenoxy) is 1. The number of amides is 1. The van der Waals surface area contributed by atoms with Gasteiger partial charge in [0, 0.05) is 32.9 Å². The second kappa shape index (κ2) is 8.56. The Labute approximate surface area is 121 Å². The summed E-state index contributed by atoms with van der Waals surface area (Å²) in [5.41, 5.74) is 0.141. The van der Waals surface area contributed by atoms with Gasteiger partial charge in [-0.05, 0) is 33.0 Å². The van der Waals surface area contributed by atoms with Gasteiger partial charge in [-0.3, -0.25) is 4.79 Å². The highest BCUT2D eigenvalue weighted by molar-refractivity contribution is 5.97. The quantitative estimate of drug-likeness (QED) is 0.427. The number of rotatable bonds is 6. The summed E-state index contributed by atoms with van der Waals surface area (Å²) in [5.74, 6) is -0.343. The van der Waals surface area contributed by atoms with Crippen LogP contribution in [0.1, 0.15) is 12.8 Å². The second-order valence-corrected chi connectivity index (χ2v) is 5.10. The normalized spacial score (nSPS) is 17.6. The zero-order valence-electron chi connectivity index (χ0n) is 12.6. The smallest absolute Gasteiger partial charge is 0.263 e. The van der Waals surface area contributed by atoms with Crippen LogP contribution in [0.25, 0.3) is 0 Å². The van der Waals surface area contributed by atoms with Gasteiger partial charge in [0.05, 0.1) is 6.61 Å². The number of hydrogen-bond donors (Lipinski definition) is 1. The number of piperidine rings is 1. The van der Waals surface area contributed by atoms with Gasteiger partial charge in [0.15, 0.2) is 0 Å². The molecule has 6 heteroatoms. The van der Waals surface area contributed by atoms with Crippen molar-refractivity contribution >= 4 is 5.91 Å². The van der Waals surface area contributed by atoms with Gasteiger partial charge in [-0.15, -0.1) is 0 Å². The monoisotopic (exact) mass is 280 g/mol. The Kier molecular flexibility index (Phi) is 7.05. The molecule has 0 aromatic heterocycles. The molecule has 1 fully saturated rings. The maximum atomic E-state index is 11.8. The van der Waals surface area contributed by atoms with Crippen molar-refractivity contribution in [2.45, 2.75) is 18.9 Å². The molecule has 1 aliphatic rings. The van der Waals surface area contributed by atoms with Gasteiger partial charge in [0.2, 0.25) is 0 Å². The van der Waals surface area contributed by atoms with Gasteiger partial charge in [-0.2, -0.15) is 5.26 Å². The molecule has 1 heterocycles. The molecule has 0 aromatic rings. The van der Waals surface area contributed by atoms with Crippen molar-refractivity contribution in [1.29, 1.82) is 5.26 Å². The van der Waals surface area contributed by atoms with Crippen LogP contribution in [0.15, 0.2) is 11.8 Å². The number of nitrogens with zero attached hydrogens (tertiary/aromatic N) is 3. The number of methoxy groups -OCH3 is 1. The Balaban J connectivity index is 2.54. The Morgan fingerprint density at radius 1 is 1.55 bits per heavy atom. The summed E-state index contributed by atoms with van der Waals surface area (Å²) in [5, 5.41) is 11.8. The van der Waals surface area contributed by atoms with E-state index in [1.165, 1.54) is 0 Å². The zero-order chi connectivity index (χ0) is 15.0. The Morgan fingerprint density at radius 3 is 2.75 bits per heavy atom. The van der Waals surface area contributed by atoms with Gasteiger partial charge in [0.1, 0.15) is 11.6 Å². The van der Waals surface area contributed by atoms with E-state index in [1.807, 2.05) is 18.0 Å². The van der Waals surface area contributed by atoms with E-state index in [4.69, 9.17) is 10.00 Å². The first-order chi connectivity index (χ1) is 9.58. The van der Waals surface area contributed by atoms with Crippen LogP contribution in [0.2, 0.25) is 0 Å². The van der Waals surface area contributed by atoms with Gasteiger partial charge >= 0.3 is 0 Å². The van der Waals surface area contributed by atoms with Gasteiger partial charge in [-0.25, -0.2) is 0 Å². The number of carbonyl (C=O) groups excluding carboxylic acids is 1. The fourth-order valence-corrected chi connectivity index (χ4v) is 2.21. The summed E-state index contributed by atoms with van der Waals surface area (Å²) in [6.07, 6.45) is 3.75. The first kappa shape index (κ1) is 16.5. The molecule has 1 saturated heterocycles. The molecular formula is C14H24N4O2. The maximum absolute atomic E-state index is 11.8. The maximum Gasteiger partial charge on any atom is 0.263 e. The van der Waals surface area contributed by atoms with Crippen LogP contribution in [0.5, 0.6) is 0 Å². The SMILES string of the molecule is COCCNC(=O)/C(C#N)=C\N(C)C1CCN(C)CC1. The van der Waals surface area contributed by atoms with Crippen molar-refractivity contribution in [3.8, 4) is 6.07 Å². The standard InChI is InChI=1S/C14H24N4O2/c1-17-7-4-13(5-8-17)18(2)11-12(10-15)14(19)16-6-9-20-3/h11,13H,4-9H2,1-3H3,(H,16,19)/b12-11-. The molecule has 1 aliphatic heterocycles. The highest BCUT2D eigenvalue weighted by atomic mass is 16.5. The lowest BCUT2D eigenvalue weighted by molar-refractivity contribution is -0.117. The van der Waals surface area contributed by atoms with Crippen molar-refractivity contribution < 1.29 is 9.53 Å². The minimum Gasteiger partial charge on any atom is -0.383 e. The molecule has 6 nitrogen and oxygen atoms in total. The largest absolute Gasteiger partial charge is 0.383 e. The highest BCUT2D eigenvalue weighted by Gasteiger charge is 2.20. The molecule has 0 unspecified atom stereocenters. The summed E-state index contributed by atoms with van der Waals surface area (Å²) in [4.78, 5) is 16.1. The summed E-state index contributed by atoms with van der Waals surface area (Å²) < 4.78 is 4.86. The number of likely N-dealkylation sites (tertiary alicyclic amines) is 1. The highest BCUT2D eigenvalue weighted by Crippen LogP contribution is 2.15. The van der Waals surface area contributed by atoms with Crippen LogP contribution in [0.3, 0.4) is 0 Å². The van der Waals surface area contributed by atoms with E-state index in [0.29, 0.717) is 19.2 Å². The van der Waals surface area contributed by atoms with Crippen molar-refractivity contribution in [3.63, 3.8) is 0 Å². The molecule has 20 heavy (non-hydrogen) atoms. The zero-order valence-corrected chi connectivity index (χ0v) is 12.6. The van der Waals surface area contributed by atoms with E-state index in [0.717, 1.165) is 25.9 Å². The molecular weight excluding hydrogens is 256 g/mol. The van der Waals surface area contributed by atoms with Crippen LogP contribution < -0.4 is 5.32 Å². The van der Waals surface area contributed by atoms with E-state index in [-0.39, 0.29) is 11.5 Å². The lowest BCUT2D eigenvalue weighted by atomic mass is 10.0. The van der Waals surface area contributed by atoms with Crippen LogP contribution >= 0.6 is 0 Å². The Bertz CT molecular complexity index is 381. The predicted molar refractivity (Wildman–Crippen MR) is 76.9 cm³/mol. The minimum absolute atomic E-state index is 0.141. The molecule has 0 spiro atoms. The molecule has 0 atom stereocenters. The summed E-state index contributed by atoms with van der Waals surface area (Å²) in [7, 11) is 5.60. The van der Waals surface area contributed by atoms with Crippen molar-refractivity contribution in [1.82, 2.24) is 15.1 Å². The average molecular weight is 280 g/mol. The molecule has 0 saturated carbocycles. The summed E-state index contributed by atoms with van der Waals surface area (Å²) in [6, 6.07) is 2.35. The van der Waals surface area contributed by atoms with Crippen LogP contribution in [0, 0.1) is 11.3 Å². The number of hydrogen-bond acceptors (Lipinski definition) is 5. The fourth-order valence-electron chi connectivity index (χ4n) is 2.21. The van der Waals surface area contributed by atoms with E-state index < -0.39 is 0 Å². The van der Waals surface area contributed by atoms with E-state index in [9.17, 15) is 4.79 Å². The molecule has 0 radical (unpaired) electrons. The third-order valence-electron chi connectivity index (χ3n) is 3.55. The summed E-state index contributed by atoms with van der Waals surface area (Å²) in [6.45, 7) is 2.94. The van der Waals surface area contributed by atoms with E-state index in [2.05, 4.69) is 17.3 Å². The van der Waals surface area contributed by atoms with Gasteiger partial charge in [-0.1, -0.05) is 0 Å². The first-order valence-corrected chi connectivity index (χ1v) is 6.88. The minimum atomic E-state index is -0.343. The van der Waals surface area contributed by atoms with Crippen LogP contribution in [0.4, 0.5) is 0 Å². The Morgan fingerprint density at radius 2 is 2.20 bits per heavy atom. The number of carbonyl (C=O) groups is 1. The third-order valence-corrected chi connectivity index (χ3v) is 3.55. The van der Waals surface area contributed by atoms with Gasteiger partial charge < -0.3 is 19.9 Å². The van der Waals surface area contributed by atoms with Crippen molar-refractivity contribution in [2.24, 2.45) is 0 Å². The molecule has 0 aliphatic carbocycles. The van der Waals surface area contributed by atoms with Gasteiger partial charge in [0.25, 0.3) is 5.91 Å². The van der Waals surface area contributed by atoms with E-state index in [1.54, 1.807) is 13.3 Å². The molecule has 0 aromatic carbocycles. The molecule has 1 amide bonds. The fraction of sp³-hybridized carbons (Fsp3) is 0.714. The third kappa shape index (κ3) is 5.19. The average Bonchev–Trinajstić information content (AvgIpc) is 2.45. The van der Waals surface area contributed by atoms with E-state index >= 15 is 0 Å². The molecule has 112 valence electrons. The number of nitrogens with one attached hydrogen (secondary N) is 1. The summed E-state index contributed by atoms with van der Waals surface area (Å²) >= 11 is 0. The molecule has 0 bridgehead atoms. The van der Waals surface area contributed by atoms with Crippen LogP contribution in [-0.4, -0.2) is 69.2 Å². The second-order valence-electron chi connectivity index (χ2n) is 5.10. The van der Waals surface area contributed by atoms with Crippen LogP contribution in [-0.2, 0) is 9.53 Å². The first-order valence-electron chi connectivity index (χ1n) is 6.88.